The number of hydrogen-bond acceptors (Lipinski definition) is 4. The Labute approximate surface area is 207 Å². The molecule has 0 aliphatic carbocycles. The van der Waals surface area contributed by atoms with Gasteiger partial charge in [-0.2, -0.15) is 4.79 Å². The lowest BCUT2D eigenvalue weighted by Crippen LogP contribution is -2.64. The molecule has 34 heavy (non-hydrogen) atoms. The fourth-order valence-electron chi connectivity index (χ4n) is 4.94. The molecule has 1 atom stereocenters. The highest BCUT2D eigenvalue weighted by Crippen LogP contribution is 2.35. The highest BCUT2D eigenvalue weighted by molar-refractivity contribution is 7.99. The Morgan fingerprint density at radius 2 is 1.79 bits per heavy atom. The third-order valence-corrected chi connectivity index (χ3v) is 8.14. The molecule has 1 saturated heterocycles. The van der Waals surface area contributed by atoms with Crippen molar-refractivity contribution in [1.29, 1.82) is 0 Å². The van der Waals surface area contributed by atoms with Crippen molar-refractivity contribution in [3.63, 3.8) is 0 Å². The van der Waals surface area contributed by atoms with Gasteiger partial charge < -0.3 is 10.0 Å². The number of fused-ring (bicyclic) bond motifs is 1. The monoisotopic (exact) mass is 478 g/mol. The van der Waals surface area contributed by atoms with Crippen molar-refractivity contribution in [2.45, 2.75) is 62.3 Å². The summed E-state index contributed by atoms with van der Waals surface area (Å²) >= 11 is 1.73. The zero-order valence-electron chi connectivity index (χ0n) is 20.9. The molecule has 1 unspecified atom stereocenters. The van der Waals surface area contributed by atoms with Gasteiger partial charge in [-0.3, -0.25) is 4.98 Å². The van der Waals surface area contributed by atoms with Crippen LogP contribution in [0, 0.1) is 0 Å². The summed E-state index contributed by atoms with van der Waals surface area (Å²) in [5.74, 6) is 0.523. The van der Waals surface area contributed by atoms with Crippen LogP contribution >= 0.6 is 11.8 Å². The SMILES string of the molecule is CC(C)c1ccc(Sc2cnc3cccc(N4CCC[N+](C(=O)O)(C(C)(C)C)CC4)c3c2)cc1. The van der Waals surface area contributed by atoms with Crippen LogP contribution in [0.1, 0.15) is 52.5 Å². The molecule has 1 aromatic heterocycles. The standard InChI is InChI=1S/C28H35N3O2S/c1-20(2)21-10-12-22(13-11-21)34-23-18-24-25(29-19-23)8-6-9-26(24)30-14-7-16-31(17-15-30,27(32)33)28(3,4)5/h6,8-13,18-20H,7,14-17H2,1-5H3/p+1. The first-order valence-electron chi connectivity index (χ1n) is 12.1. The van der Waals surface area contributed by atoms with Gasteiger partial charge in [-0.25, -0.2) is 4.48 Å². The zero-order chi connectivity index (χ0) is 24.5. The van der Waals surface area contributed by atoms with E-state index in [0.717, 1.165) is 34.5 Å². The number of aromatic nitrogens is 1. The first-order chi connectivity index (χ1) is 16.1. The molecule has 2 aromatic carbocycles. The molecular formula is C28H36N3O2S+. The summed E-state index contributed by atoms with van der Waals surface area (Å²) in [7, 11) is 0. The van der Waals surface area contributed by atoms with E-state index in [1.165, 1.54) is 10.5 Å². The fourth-order valence-corrected chi connectivity index (χ4v) is 5.77. The molecule has 0 saturated carbocycles. The Hall–Kier alpha value is -2.57. The average molecular weight is 479 g/mol. The minimum atomic E-state index is -0.726. The molecule has 1 fully saturated rings. The lowest BCUT2D eigenvalue weighted by molar-refractivity contribution is -0.901. The summed E-state index contributed by atoms with van der Waals surface area (Å²) < 4.78 is 0.0972. The minimum Gasteiger partial charge on any atom is -0.435 e. The summed E-state index contributed by atoms with van der Waals surface area (Å²) in [6.45, 7) is 13.3. The van der Waals surface area contributed by atoms with Crippen molar-refractivity contribution in [2.75, 3.05) is 31.1 Å². The molecule has 3 aromatic rings. The van der Waals surface area contributed by atoms with Gasteiger partial charge in [0.15, 0.2) is 0 Å². The third-order valence-electron chi connectivity index (χ3n) is 7.17. The summed E-state index contributed by atoms with van der Waals surface area (Å²) in [6.07, 6.45) is 2.06. The molecule has 1 amide bonds. The normalized spacial score (nSPS) is 19.4. The summed E-state index contributed by atoms with van der Waals surface area (Å²) in [6, 6.07) is 17.2. The number of rotatable bonds is 4. The Balaban J connectivity index is 1.62. The summed E-state index contributed by atoms with van der Waals surface area (Å²) in [4.78, 5) is 21.8. The molecule has 2 heterocycles. The Kier molecular flexibility index (Phi) is 6.92. The Morgan fingerprint density at radius 1 is 1.06 bits per heavy atom. The van der Waals surface area contributed by atoms with Gasteiger partial charge in [0, 0.05) is 40.0 Å². The fraction of sp³-hybridized carbons (Fsp3) is 0.429. The molecule has 1 aliphatic heterocycles. The molecule has 0 spiro atoms. The van der Waals surface area contributed by atoms with E-state index in [0.29, 0.717) is 25.6 Å². The molecule has 4 rings (SSSR count). The highest BCUT2D eigenvalue weighted by Gasteiger charge is 2.48. The number of pyridine rings is 1. The van der Waals surface area contributed by atoms with Gasteiger partial charge in [0.2, 0.25) is 0 Å². The van der Waals surface area contributed by atoms with Gasteiger partial charge >= 0.3 is 6.09 Å². The average Bonchev–Trinajstić information content (AvgIpc) is 3.03. The third kappa shape index (κ3) is 4.80. The van der Waals surface area contributed by atoms with Crippen LogP contribution in [0.4, 0.5) is 10.5 Å². The van der Waals surface area contributed by atoms with Gasteiger partial charge in [0.05, 0.1) is 18.6 Å². The number of anilines is 1. The zero-order valence-corrected chi connectivity index (χ0v) is 21.7. The van der Waals surface area contributed by atoms with Crippen LogP contribution in [0.2, 0.25) is 0 Å². The topological polar surface area (TPSA) is 53.4 Å². The van der Waals surface area contributed by atoms with Crippen LogP contribution in [0.5, 0.6) is 0 Å². The smallest absolute Gasteiger partial charge is 0.435 e. The molecule has 1 N–H and O–H groups in total. The molecule has 180 valence electrons. The lowest BCUT2D eigenvalue weighted by atomic mass is 10.0. The molecule has 5 nitrogen and oxygen atoms in total. The van der Waals surface area contributed by atoms with Crippen molar-refractivity contribution in [1.82, 2.24) is 4.98 Å². The van der Waals surface area contributed by atoms with E-state index in [1.807, 2.05) is 27.0 Å². The van der Waals surface area contributed by atoms with E-state index >= 15 is 0 Å². The van der Waals surface area contributed by atoms with Crippen molar-refractivity contribution in [3.8, 4) is 0 Å². The van der Waals surface area contributed by atoms with Crippen LogP contribution < -0.4 is 4.90 Å². The number of carboxylic acid groups (broad SMARTS) is 1. The van der Waals surface area contributed by atoms with E-state index in [9.17, 15) is 9.90 Å². The molecule has 6 heteroatoms. The predicted octanol–water partition coefficient (Wildman–Crippen LogP) is 7.01. The van der Waals surface area contributed by atoms with Crippen LogP contribution in [0.15, 0.2) is 64.5 Å². The van der Waals surface area contributed by atoms with Crippen molar-refractivity contribution in [2.24, 2.45) is 0 Å². The number of amides is 1. The minimum absolute atomic E-state index is 0.0972. The van der Waals surface area contributed by atoms with Gasteiger partial charge in [-0.05, 0) is 62.6 Å². The second-order valence-electron chi connectivity index (χ2n) is 10.5. The molecule has 0 bridgehead atoms. The van der Waals surface area contributed by atoms with E-state index < -0.39 is 6.09 Å². The highest BCUT2D eigenvalue weighted by atomic mass is 32.2. The van der Waals surface area contributed by atoms with Crippen molar-refractivity contribution >= 4 is 34.4 Å². The maximum absolute atomic E-state index is 12.3. The number of benzene rings is 2. The lowest BCUT2D eigenvalue weighted by Gasteiger charge is -2.42. The molecule has 1 aliphatic rings. The van der Waals surface area contributed by atoms with E-state index in [1.54, 1.807) is 11.8 Å². The second kappa shape index (κ2) is 9.59. The van der Waals surface area contributed by atoms with Crippen LogP contribution in [0.3, 0.4) is 0 Å². The van der Waals surface area contributed by atoms with E-state index in [2.05, 4.69) is 67.3 Å². The predicted molar refractivity (Wildman–Crippen MR) is 141 cm³/mol. The Morgan fingerprint density at radius 3 is 2.44 bits per heavy atom. The maximum atomic E-state index is 12.3. The van der Waals surface area contributed by atoms with Crippen LogP contribution in [0.25, 0.3) is 10.9 Å². The first-order valence-corrected chi connectivity index (χ1v) is 12.9. The van der Waals surface area contributed by atoms with E-state index in [-0.39, 0.29) is 10.0 Å². The number of hydrogen-bond donors (Lipinski definition) is 1. The first kappa shape index (κ1) is 24.6. The summed E-state index contributed by atoms with van der Waals surface area (Å²) in [5.41, 5.74) is 3.10. The quantitative estimate of drug-likeness (QED) is 0.409. The van der Waals surface area contributed by atoms with Gasteiger partial charge in [-0.15, -0.1) is 0 Å². The molecular weight excluding hydrogens is 442 g/mol. The largest absolute Gasteiger partial charge is 0.514 e. The molecule has 0 radical (unpaired) electrons. The Bertz CT molecular complexity index is 1170. The van der Waals surface area contributed by atoms with E-state index in [4.69, 9.17) is 4.98 Å². The van der Waals surface area contributed by atoms with Crippen molar-refractivity contribution < 1.29 is 14.4 Å². The van der Waals surface area contributed by atoms with Gasteiger partial charge in [0.1, 0.15) is 12.1 Å². The summed E-state index contributed by atoms with van der Waals surface area (Å²) in [5, 5.41) is 11.3. The van der Waals surface area contributed by atoms with Gasteiger partial charge in [0.25, 0.3) is 0 Å². The van der Waals surface area contributed by atoms with Crippen LogP contribution in [-0.4, -0.2) is 52.4 Å². The van der Waals surface area contributed by atoms with Crippen LogP contribution in [-0.2, 0) is 0 Å². The number of carbonyl (C=O) groups is 1. The second-order valence-corrected chi connectivity index (χ2v) is 11.7. The maximum Gasteiger partial charge on any atom is 0.514 e. The van der Waals surface area contributed by atoms with Crippen molar-refractivity contribution in [3.05, 3.63) is 60.3 Å². The number of quaternary nitrogens is 1. The van der Waals surface area contributed by atoms with Gasteiger partial charge in [-0.1, -0.05) is 43.8 Å². The number of nitrogens with zero attached hydrogens (tertiary/aromatic N) is 3.